The third-order valence-corrected chi connectivity index (χ3v) is 4.91. The lowest BCUT2D eigenvalue weighted by atomic mass is 10.1. The molecule has 1 aliphatic rings. The van der Waals surface area contributed by atoms with Gasteiger partial charge in [-0.25, -0.2) is 14.8 Å². The molecule has 6 nitrogen and oxygen atoms in total. The van der Waals surface area contributed by atoms with E-state index in [-0.39, 0.29) is 18.2 Å². The summed E-state index contributed by atoms with van der Waals surface area (Å²) >= 11 is 7.50. The van der Waals surface area contributed by atoms with Gasteiger partial charge in [-0.05, 0) is 41.9 Å². The van der Waals surface area contributed by atoms with Crippen LogP contribution in [0, 0.1) is 0 Å². The molecule has 0 bridgehead atoms. The highest BCUT2D eigenvalue weighted by Crippen LogP contribution is 2.30. The second-order valence-corrected chi connectivity index (χ2v) is 6.72. The number of carbonyl (C=O) groups is 1. The molecule has 0 aliphatic heterocycles. The number of hydrogen-bond donors (Lipinski definition) is 3. The number of rotatable bonds is 5. The summed E-state index contributed by atoms with van der Waals surface area (Å²) in [5, 5.41) is 22.9. The Morgan fingerprint density at radius 2 is 2.12 bits per heavy atom. The van der Waals surface area contributed by atoms with Gasteiger partial charge in [-0.3, -0.25) is 0 Å². The number of aliphatic hydroxyl groups excluding tert-OH is 1. The maximum atomic E-state index is 11.4. The van der Waals surface area contributed by atoms with E-state index in [1.807, 2.05) is 18.4 Å². The predicted octanol–water partition coefficient (Wildman–Crippen LogP) is 2.62. The number of anilines is 1. The number of benzene rings is 1. The van der Waals surface area contributed by atoms with E-state index in [0.29, 0.717) is 21.6 Å². The molecule has 1 heterocycles. The Labute approximate surface area is 148 Å². The van der Waals surface area contributed by atoms with Crippen LogP contribution in [0.15, 0.2) is 23.5 Å². The zero-order valence-electron chi connectivity index (χ0n) is 12.9. The first-order valence-corrected chi connectivity index (χ1v) is 8.94. The average molecular weight is 366 g/mol. The van der Waals surface area contributed by atoms with Crippen LogP contribution in [0.1, 0.15) is 27.0 Å². The Kier molecular flexibility index (Phi) is 4.93. The first-order valence-electron chi connectivity index (χ1n) is 7.33. The van der Waals surface area contributed by atoms with E-state index < -0.39 is 5.97 Å². The lowest BCUT2D eigenvalue weighted by molar-refractivity contribution is 0.0697. The average Bonchev–Trinajstić information content (AvgIpc) is 2.94. The third-order valence-electron chi connectivity index (χ3n) is 3.99. The molecule has 1 aromatic carbocycles. The first-order chi connectivity index (χ1) is 11.5. The highest BCUT2D eigenvalue weighted by atomic mass is 35.5. The van der Waals surface area contributed by atoms with Crippen molar-refractivity contribution in [2.24, 2.45) is 0 Å². The van der Waals surface area contributed by atoms with Crippen LogP contribution in [0.4, 0.5) is 5.82 Å². The number of nitrogens with zero attached hydrogens (tertiary/aromatic N) is 2. The summed E-state index contributed by atoms with van der Waals surface area (Å²) < 4.78 is 0. The van der Waals surface area contributed by atoms with E-state index in [1.165, 1.54) is 18.0 Å². The normalized spacial score (nSPS) is 16.0. The summed E-state index contributed by atoms with van der Waals surface area (Å²) in [7, 11) is 0. The minimum Gasteiger partial charge on any atom is -0.477 e. The smallest absolute Gasteiger partial charge is 0.341 e. The molecule has 1 aliphatic carbocycles. The molecule has 1 atom stereocenters. The van der Waals surface area contributed by atoms with Crippen molar-refractivity contribution in [3.63, 3.8) is 0 Å². The SMILES string of the molecule is CSc1ncc(C(=O)O)c(NC2Cc3cc(Cl)c(CO)cc3C2)n1. The standard InChI is InChI=1S/C16H16ClN3O3S/c1-24-16-18-6-12(15(22)23)14(20-16)19-11-3-8-2-10(7-21)13(17)5-9(8)4-11/h2,5-6,11,21H,3-4,7H2,1H3,(H,22,23)(H,18,19,20). The number of fused-ring (bicyclic) bond motifs is 1. The van der Waals surface area contributed by atoms with Crippen LogP contribution >= 0.6 is 23.4 Å². The van der Waals surface area contributed by atoms with Crippen LogP contribution < -0.4 is 5.32 Å². The lowest BCUT2D eigenvalue weighted by Crippen LogP contribution is -2.22. The minimum atomic E-state index is -1.06. The molecule has 0 radical (unpaired) electrons. The van der Waals surface area contributed by atoms with E-state index in [4.69, 9.17) is 11.6 Å². The fourth-order valence-corrected chi connectivity index (χ4v) is 3.43. The van der Waals surface area contributed by atoms with Gasteiger partial charge in [-0.1, -0.05) is 29.4 Å². The van der Waals surface area contributed by atoms with Gasteiger partial charge in [0.05, 0.1) is 6.61 Å². The minimum absolute atomic E-state index is 0.0210. The summed E-state index contributed by atoms with van der Waals surface area (Å²) in [5.74, 6) is -0.737. The van der Waals surface area contributed by atoms with Gasteiger partial charge in [0.1, 0.15) is 11.4 Å². The van der Waals surface area contributed by atoms with Crippen molar-refractivity contribution >= 4 is 35.1 Å². The van der Waals surface area contributed by atoms with E-state index in [2.05, 4.69) is 15.3 Å². The Bertz CT molecular complexity index is 800. The Morgan fingerprint density at radius 3 is 2.75 bits per heavy atom. The number of halogens is 1. The molecule has 1 unspecified atom stereocenters. The van der Waals surface area contributed by atoms with Gasteiger partial charge < -0.3 is 15.5 Å². The molecular formula is C16H16ClN3O3S. The van der Waals surface area contributed by atoms with Gasteiger partial charge in [0.25, 0.3) is 0 Å². The summed E-state index contributed by atoms with van der Waals surface area (Å²) in [6, 6.07) is 3.80. The highest BCUT2D eigenvalue weighted by Gasteiger charge is 2.25. The summed E-state index contributed by atoms with van der Waals surface area (Å²) in [6.07, 6.45) is 4.60. The largest absolute Gasteiger partial charge is 0.477 e. The van der Waals surface area contributed by atoms with E-state index in [0.717, 1.165) is 24.0 Å². The predicted molar refractivity (Wildman–Crippen MR) is 93.0 cm³/mol. The molecule has 0 saturated heterocycles. The van der Waals surface area contributed by atoms with Crippen molar-refractivity contribution in [3.05, 3.63) is 45.6 Å². The zero-order chi connectivity index (χ0) is 17.3. The van der Waals surface area contributed by atoms with Crippen LogP contribution in [0.25, 0.3) is 0 Å². The molecule has 3 rings (SSSR count). The molecule has 2 aromatic rings. The van der Waals surface area contributed by atoms with Crippen molar-refractivity contribution in [2.45, 2.75) is 30.6 Å². The maximum absolute atomic E-state index is 11.4. The molecule has 126 valence electrons. The van der Waals surface area contributed by atoms with E-state index in [1.54, 1.807) is 0 Å². The van der Waals surface area contributed by atoms with Crippen molar-refractivity contribution in [2.75, 3.05) is 11.6 Å². The molecule has 0 amide bonds. The van der Waals surface area contributed by atoms with Crippen LogP contribution in [0.2, 0.25) is 5.02 Å². The van der Waals surface area contributed by atoms with Crippen LogP contribution in [0.3, 0.4) is 0 Å². The van der Waals surface area contributed by atoms with Gasteiger partial charge in [-0.2, -0.15) is 0 Å². The molecule has 0 saturated carbocycles. The second-order valence-electron chi connectivity index (χ2n) is 5.54. The molecule has 1 aromatic heterocycles. The Balaban J connectivity index is 1.84. The van der Waals surface area contributed by atoms with Gasteiger partial charge in [-0.15, -0.1) is 0 Å². The molecule has 0 spiro atoms. The maximum Gasteiger partial charge on any atom is 0.341 e. The van der Waals surface area contributed by atoms with Gasteiger partial charge in [0.2, 0.25) is 0 Å². The Hall–Kier alpha value is -1.83. The third kappa shape index (κ3) is 3.33. The van der Waals surface area contributed by atoms with E-state index >= 15 is 0 Å². The van der Waals surface area contributed by atoms with Crippen LogP contribution in [-0.4, -0.2) is 38.4 Å². The van der Waals surface area contributed by atoms with Crippen molar-refractivity contribution in [3.8, 4) is 0 Å². The quantitative estimate of drug-likeness (QED) is 0.553. The summed E-state index contributed by atoms with van der Waals surface area (Å²) in [6.45, 7) is -0.101. The van der Waals surface area contributed by atoms with Gasteiger partial charge >= 0.3 is 5.97 Å². The topological polar surface area (TPSA) is 95.3 Å². The van der Waals surface area contributed by atoms with Gasteiger partial charge in [0, 0.05) is 17.3 Å². The number of carboxylic acid groups (broad SMARTS) is 1. The number of nitrogens with one attached hydrogen (secondary N) is 1. The number of hydrogen-bond acceptors (Lipinski definition) is 6. The van der Waals surface area contributed by atoms with Crippen LogP contribution in [-0.2, 0) is 19.4 Å². The first kappa shape index (κ1) is 17.0. The fourth-order valence-electron chi connectivity index (χ4n) is 2.84. The molecule has 8 heteroatoms. The number of aliphatic hydroxyl groups is 1. The molecule has 24 heavy (non-hydrogen) atoms. The van der Waals surface area contributed by atoms with Gasteiger partial charge in [0.15, 0.2) is 5.16 Å². The number of carboxylic acids is 1. The van der Waals surface area contributed by atoms with Crippen molar-refractivity contribution < 1.29 is 15.0 Å². The molecular weight excluding hydrogens is 350 g/mol. The van der Waals surface area contributed by atoms with Crippen molar-refractivity contribution in [1.82, 2.24) is 9.97 Å². The fraction of sp³-hybridized carbons (Fsp3) is 0.312. The highest BCUT2D eigenvalue weighted by molar-refractivity contribution is 7.98. The monoisotopic (exact) mass is 365 g/mol. The Morgan fingerprint density at radius 1 is 1.42 bits per heavy atom. The summed E-state index contributed by atoms with van der Waals surface area (Å²) in [5.41, 5.74) is 2.97. The number of aromatic carboxylic acids is 1. The van der Waals surface area contributed by atoms with Crippen molar-refractivity contribution in [1.29, 1.82) is 0 Å². The zero-order valence-corrected chi connectivity index (χ0v) is 14.5. The number of thioether (sulfide) groups is 1. The van der Waals surface area contributed by atoms with E-state index in [9.17, 15) is 15.0 Å². The second kappa shape index (κ2) is 6.96. The summed E-state index contributed by atoms with van der Waals surface area (Å²) in [4.78, 5) is 19.7. The molecule has 3 N–H and O–H groups in total. The van der Waals surface area contributed by atoms with Crippen LogP contribution in [0.5, 0.6) is 0 Å². The lowest BCUT2D eigenvalue weighted by Gasteiger charge is -2.15. The molecule has 0 fully saturated rings. The number of aromatic nitrogens is 2.